The first kappa shape index (κ1) is 13.7. The van der Waals surface area contributed by atoms with Gasteiger partial charge in [-0.2, -0.15) is 0 Å². The van der Waals surface area contributed by atoms with E-state index in [4.69, 9.17) is 10.5 Å². The molecule has 0 aliphatic heterocycles. The second-order valence-electron chi connectivity index (χ2n) is 4.28. The molecule has 94 valence electrons. The van der Waals surface area contributed by atoms with Crippen molar-refractivity contribution in [1.29, 1.82) is 0 Å². The largest absolute Gasteiger partial charge is 0.383 e. The van der Waals surface area contributed by atoms with Crippen LogP contribution >= 0.6 is 0 Å². The predicted molar refractivity (Wildman–Crippen MR) is 67.6 cm³/mol. The first-order valence-electron chi connectivity index (χ1n) is 5.66. The molecule has 0 radical (unpaired) electrons. The third-order valence-corrected chi connectivity index (χ3v) is 2.77. The average Bonchev–Trinajstić information content (AvgIpc) is 2.30. The van der Waals surface area contributed by atoms with E-state index in [1.54, 1.807) is 7.11 Å². The number of hydrogen-bond acceptors (Lipinski definition) is 3. The standard InChI is InChI=1S/C13H20N2O2/c1-13(12(14)16,15-8-9-17-2)10-11-6-4-3-5-7-11/h3-7,15H,8-10H2,1-2H3,(H2,14,16). The Morgan fingerprint density at radius 1 is 1.41 bits per heavy atom. The van der Waals surface area contributed by atoms with Crippen molar-refractivity contribution in [3.63, 3.8) is 0 Å². The zero-order chi connectivity index (χ0) is 12.7. The molecule has 0 saturated heterocycles. The Balaban J connectivity index is 2.68. The van der Waals surface area contributed by atoms with Crippen LogP contribution in [0.25, 0.3) is 0 Å². The molecule has 0 aliphatic rings. The number of benzene rings is 1. The lowest BCUT2D eigenvalue weighted by molar-refractivity contribution is -0.123. The van der Waals surface area contributed by atoms with Crippen molar-refractivity contribution in [3.05, 3.63) is 35.9 Å². The van der Waals surface area contributed by atoms with Gasteiger partial charge in [0.15, 0.2) is 0 Å². The predicted octanol–water partition coefficient (Wildman–Crippen LogP) is 0.709. The Hall–Kier alpha value is -1.39. The average molecular weight is 236 g/mol. The molecule has 17 heavy (non-hydrogen) atoms. The maximum absolute atomic E-state index is 11.5. The summed E-state index contributed by atoms with van der Waals surface area (Å²) >= 11 is 0. The molecule has 1 rings (SSSR count). The minimum Gasteiger partial charge on any atom is -0.383 e. The number of hydrogen-bond donors (Lipinski definition) is 2. The highest BCUT2D eigenvalue weighted by molar-refractivity contribution is 5.84. The number of rotatable bonds is 7. The minimum atomic E-state index is -0.736. The third kappa shape index (κ3) is 4.17. The summed E-state index contributed by atoms with van der Waals surface area (Å²) in [7, 11) is 1.63. The van der Waals surface area contributed by atoms with E-state index >= 15 is 0 Å². The number of carbonyl (C=O) groups excluding carboxylic acids is 1. The van der Waals surface area contributed by atoms with Gasteiger partial charge >= 0.3 is 0 Å². The van der Waals surface area contributed by atoms with Crippen LogP contribution in [0.2, 0.25) is 0 Å². The summed E-state index contributed by atoms with van der Waals surface area (Å²) in [5, 5.41) is 3.15. The molecule has 1 atom stereocenters. The van der Waals surface area contributed by atoms with Gasteiger partial charge in [-0.1, -0.05) is 30.3 Å². The van der Waals surface area contributed by atoms with Gasteiger partial charge in [-0.3, -0.25) is 4.79 Å². The van der Waals surface area contributed by atoms with Crippen molar-refractivity contribution >= 4 is 5.91 Å². The van der Waals surface area contributed by atoms with E-state index in [0.717, 1.165) is 5.56 Å². The van der Waals surface area contributed by atoms with Crippen LogP contribution in [0.1, 0.15) is 12.5 Å². The number of carbonyl (C=O) groups is 1. The van der Waals surface area contributed by atoms with Gasteiger partial charge in [0.05, 0.1) is 12.1 Å². The first-order chi connectivity index (χ1) is 8.08. The van der Waals surface area contributed by atoms with Gasteiger partial charge < -0.3 is 15.8 Å². The SMILES string of the molecule is COCCNC(C)(Cc1ccccc1)C(N)=O. The van der Waals surface area contributed by atoms with Crippen LogP contribution in [0.4, 0.5) is 0 Å². The number of primary amides is 1. The van der Waals surface area contributed by atoms with Crippen LogP contribution < -0.4 is 11.1 Å². The zero-order valence-corrected chi connectivity index (χ0v) is 10.4. The lowest BCUT2D eigenvalue weighted by atomic mass is 9.92. The number of methoxy groups -OCH3 is 1. The first-order valence-corrected chi connectivity index (χ1v) is 5.66. The highest BCUT2D eigenvalue weighted by atomic mass is 16.5. The molecular formula is C13H20N2O2. The summed E-state index contributed by atoms with van der Waals surface area (Å²) in [5.41, 5.74) is 5.80. The number of nitrogens with one attached hydrogen (secondary N) is 1. The topological polar surface area (TPSA) is 64.3 Å². The van der Waals surface area contributed by atoms with Crippen LogP contribution in [-0.2, 0) is 16.0 Å². The maximum Gasteiger partial charge on any atom is 0.237 e. The molecule has 4 nitrogen and oxygen atoms in total. The molecular weight excluding hydrogens is 216 g/mol. The van der Waals surface area contributed by atoms with Crippen molar-refractivity contribution in [1.82, 2.24) is 5.32 Å². The van der Waals surface area contributed by atoms with Gasteiger partial charge in [0.1, 0.15) is 0 Å². The van der Waals surface area contributed by atoms with Gasteiger partial charge in [0.2, 0.25) is 5.91 Å². The molecule has 1 aromatic carbocycles. The molecule has 4 heteroatoms. The Morgan fingerprint density at radius 3 is 2.59 bits per heavy atom. The van der Waals surface area contributed by atoms with Crippen LogP contribution in [0.15, 0.2) is 30.3 Å². The maximum atomic E-state index is 11.5. The zero-order valence-electron chi connectivity index (χ0n) is 10.4. The van der Waals surface area contributed by atoms with Crippen molar-refractivity contribution in [2.75, 3.05) is 20.3 Å². The Labute approximate surface area is 102 Å². The lowest BCUT2D eigenvalue weighted by Crippen LogP contribution is -2.55. The van der Waals surface area contributed by atoms with Gasteiger partial charge in [0, 0.05) is 13.7 Å². The van der Waals surface area contributed by atoms with Crippen LogP contribution in [0.5, 0.6) is 0 Å². The van der Waals surface area contributed by atoms with E-state index in [-0.39, 0.29) is 5.91 Å². The molecule has 0 aromatic heterocycles. The monoisotopic (exact) mass is 236 g/mol. The normalized spacial score (nSPS) is 14.2. The summed E-state index contributed by atoms with van der Waals surface area (Å²) in [4.78, 5) is 11.5. The van der Waals surface area contributed by atoms with Crippen molar-refractivity contribution in [3.8, 4) is 0 Å². The lowest BCUT2D eigenvalue weighted by Gasteiger charge is -2.27. The smallest absolute Gasteiger partial charge is 0.237 e. The summed E-state index contributed by atoms with van der Waals surface area (Å²) in [6.45, 7) is 2.97. The van der Waals surface area contributed by atoms with Crippen molar-refractivity contribution < 1.29 is 9.53 Å². The minimum absolute atomic E-state index is 0.350. The molecule has 3 N–H and O–H groups in total. The molecule has 1 unspecified atom stereocenters. The second kappa shape index (κ2) is 6.37. The van der Waals surface area contributed by atoms with Gasteiger partial charge in [-0.15, -0.1) is 0 Å². The molecule has 0 heterocycles. The summed E-state index contributed by atoms with van der Waals surface area (Å²) in [6.07, 6.45) is 0.576. The Bertz CT molecular complexity index is 354. The summed E-state index contributed by atoms with van der Waals surface area (Å²) in [5.74, 6) is -0.350. The molecule has 0 aliphatic carbocycles. The van der Waals surface area contributed by atoms with Gasteiger partial charge in [0.25, 0.3) is 0 Å². The fourth-order valence-electron chi connectivity index (χ4n) is 1.67. The number of ether oxygens (including phenoxy) is 1. The molecule has 1 aromatic rings. The van der Waals surface area contributed by atoms with E-state index in [0.29, 0.717) is 19.6 Å². The Kier molecular flexibility index (Phi) is 5.12. The fourth-order valence-corrected chi connectivity index (χ4v) is 1.67. The van der Waals surface area contributed by atoms with Crippen LogP contribution in [0.3, 0.4) is 0 Å². The van der Waals surface area contributed by atoms with E-state index in [9.17, 15) is 4.79 Å². The summed E-state index contributed by atoms with van der Waals surface area (Å²) < 4.78 is 4.95. The van der Waals surface area contributed by atoms with Crippen LogP contribution in [0, 0.1) is 0 Å². The fraction of sp³-hybridized carbons (Fsp3) is 0.462. The van der Waals surface area contributed by atoms with E-state index < -0.39 is 5.54 Å². The molecule has 0 spiro atoms. The molecule has 1 amide bonds. The van der Waals surface area contributed by atoms with Crippen molar-refractivity contribution in [2.45, 2.75) is 18.9 Å². The van der Waals surface area contributed by atoms with Gasteiger partial charge in [-0.25, -0.2) is 0 Å². The molecule has 0 bridgehead atoms. The number of nitrogens with two attached hydrogens (primary N) is 1. The van der Waals surface area contributed by atoms with E-state index in [2.05, 4.69) is 5.32 Å². The number of amides is 1. The van der Waals surface area contributed by atoms with Gasteiger partial charge in [-0.05, 0) is 18.9 Å². The third-order valence-electron chi connectivity index (χ3n) is 2.77. The second-order valence-corrected chi connectivity index (χ2v) is 4.28. The summed E-state index contributed by atoms with van der Waals surface area (Å²) in [6, 6.07) is 9.82. The Morgan fingerprint density at radius 2 is 2.06 bits per heavy atom. The van der Waals surface area contributed by atoms with Crippen molar-refractivity contribution in [2.24, 2.45) is 5.73 Å². The molecule has 0 fully saturated rings. The quantitative estimate of drug-likeness (QED) is 0.685. The van der Waals surface area contributed by atoms with E-state index in [1.165, 1.54) is 0 Å². The highest BCUT2D eigenvalue weighted by Crippen LogP contribution is 2.12. The molecule has 0 saturated carbocycles. The van der Waals surface area contributed by atoms with E-state index in [1.807, 2.05) is 37.3 Å². The highest BCUT2D eigenvalue weighted by Gasteiger charge is 2.30. The van der Waals surface area contributed by atoms with Crippen LogP contribution in [-0.4, -0.2) is 31.7 Å².